The van der Waals surface area contributed by atoms with Crippen molar-refractivity contribution < 1.29 is 9.53 Å². The monoisotopic (exact) mass is 272 g/mol. The van der Waals surface area contributed by atoms with Crippen molar-refractivity contribution in [1.29, 1.82) is 0 Å². The van der Waals surface area contributed by atoms with Crippen molar-refractivity contribution in [1.82, 2.24) is 4.90 Å². The van der Waals surface area contributed by atoms with Crippen molar-refractivity contribution in [2.75, 3.05) is 32.5 Å². The first-order valence-corrected chi connectivity index (χ1v) is 6.73. The third-order valence-corrected chi connectivity index (χ3v) is 3.38. The molecule has 0 spiro atoms. The second-order valence-corrected chi connectivity index (χ2v) is 4.66. The summed E-state index contributed by atoms with van der Waals surface area (Å²) in [6.45, 7) is 3.67. The number of methoxy groups -OCH3 is 1. The van der Waals surface area contributed by atoms with Gasteiger partial charge in [-0.25, -0.2) is 0 Å². The summed E-state index contributed by atoms with van der Waals surface area (Å²) in [6, 6.07) is 11.6. The summed E-state index contributed by atoms with van der Waals surface area (Å²) in [5.41, 5.74) is 7.11. The van der Waals surface area contributed by atoms with Gasteiger partial charge < -0.3 is 15.4 Å². The highest BCUT2D eigenvalue weighted by molar-refractivity contribution is 6.03. The van der Waals surface area contributed by atoms with Crippen molar-refractivity contribution in [3.63, 3.8) is 0 Å². The van der Waals surface area contributed by atoms with Crippen LogP contribution in [0.2, 0.25) is 0 Å². The Bertz CT molecular complexity index is 610. The zero-order valence-corrected chi connectivity index (χ0v) is 11.9. The first-order chi connectivity index (χ1) is 9.67. The van der Waals surface area contributed by atoms with Crippen LogP contribution < -0.4 is 5.73 Å². The number of carbonyl (C=O) groups excluding carboxylic acids is 1. The molecule has 4 heteroatoms. The van der Waals surface area contributed by atoms with Gasteiger partial charge in [0.05, 0.1) is 12.2 Å². The Hall–Kier alpha value is -2.07. The predicted octanol–water partition coefficient (Wildman–Crippen LogP) is 2.53. The molecule has 2 aromatic carbocycles. The van der Waals surface area contributed by atoms with Crippen LogP contribution in [0.15, 0.2) is 36.4 Å². The Morgan fingerprint density at radius 3 is 2.50 bits per heavy atom. The van der Waals surface area contributed by atoms with Crippen LogP contribution >= 0.6 is 0 Å². The van der Waals surface area contributed by atoms with Gasteiger partial charge in [0.15, 0.2) is 0 Å². The van der Waals surface area contributed by atoms with E-state index in [0.717, 1.165) is 10.8 Å². The van der Waals surface area contributed by atoms with Crippen LogP contribution in [0.1, 0.15) is 17.3 Å². The molecular weight excluding hydrogens is 252 g/mol. The summed E-state index contributed by atoms with van der Waals surface area (Å²) in [5.74, 6) is -0.0483. The normalized spacial score (nSPS) is 10.7. The number of benzene rings is 2. The van der Waals surface area contributed by atoms with Crippen LogP contribution in [0.25, 0.3) is 10.8 Å². The standard InChI is InChI=1S/C16H20N2O2/c1-3-18(8-9-20-2)16(19)14-10-12-6-4-5-7-13(12)11-15(14)17/h4-7,10-11H,3,8-9,17H2,1-2H3. The number of fused-ring (bicyclic) bond motifs is 1. The van der Waals surface area contributed by atoms with E-state index in [1.54, 1.807) is 12.0 Å². The van der Waals surface area contributed by atoms with Crippen molar-refractivity contribution >= 4 is 22.4 Å². The molecule has 0 aliphatic heterocycles. The quantitative estimate of drug-likeness (QED) is 0.851. The molecule has 0 radical (unpaired) electrons. The highest BCUT2D eigenvalue weighted by Gasteiger charge is 2.17. The third kappa shape index (κ3) is 2.91. The van der Waals surface area contributed by atoms with Gasteiger partial charge in [-0.1, -0.05) is 24.3 Å². The largest absolute Gasteiger partial charge is 0.398 e. The number of carbonyl (C=O) groups is 1. The molecule has 0 aliphatic carbocycles. The second kappa shape index (κ2) is 6.39. The number of nitrogen functional groups attached to an aromatic ring is 1. The van der Waals surface area contributed by atoms with Crippen molar-refractivity contribution in [2.45, 2.75) is 6.92 Å². The maximum Gasteiger partial charge on any atom is 0.256 e. The molecule has 1 amide bonds. The molecule has 0 aliphatic rings. The summed E-state index contributed by atoms with van der Waals surface area (Å²) in [6.07, 6.45) is 0. The van der Waals surface area contributed by atoms with Crippen molar-refractivity contribution in [3.8, 4) is 0 Å². The van der Waals surface area contributed by atoms with E-state index < -0.39 is 0 Å². The molecule has 2 rings (SSSR count). The molecule has 0 atom stereocenters. The maximum atomic E-state index is 12.5. The predicted molar refractivity (Wildman–Crippen MR) is 81.8 cm³/mol. The van der Waals surface area contributed by atoms with E-state index in [1.807, 2.05) is 43.3 Å². The average molecular weight is 272 g/mol. The van der Waals surface area contributed by atoms with Gasteiger partial charge in [0.25, 0.3) is 5.91 Å². The van der Waals surface area contributed by atoms with E-state index in [9.17, 15) is 4.79 Å². The lowest BCUT2D eigenvalue weighted by molar-refractivity contribution is 0.0707. The van der Waals surface area contributed by atoms with Crippen molar-refractivity contribution in [3.05, 3.63) is 42.0 Å². The number of ether oxygens (including phenoxy) is 1. The van der Waals surface area contributed by atoms with E-state index in [1.165, 1.54) is 0 Å². The molecule has 106 valence electrons. The van der Waals surface area contributed by atoms with Gasteiger partial charge in [-0.2, -0.15) is 0 Å². The minimum Gasteiger partial charge on any atom is -0.398 e. The number of amides is 1. The Kier molecular flexibility index (Phi) is 4.58. The van der Waals surface area contributed by atoms with Gasteiger partial charge in [-0.05, 0) is 29.8 Å². The fourth-order valence-electron chi connectivity index (χ4n) is 2.22. The Labute approximate surface area is 119 Å². The van der Waals surface area contributed by atoms with E-state index in [4.69, 9.17) is 10.5 Å². The lowest BCUT2D eigenvalue weighted by atomic mass is 10.0. The van der Waals surface area contributed by atoms with Gasteiger partial charge >= 0.3 is 0 Å². The highest BCUT2D eigenvalue weighted by Crippen LogP contribution is 2.23. The van der Waals surface area contributed by atoms with E-state index in [-0.39, 0.29) is 5.91 Å². The number of anilines is 1. The van der Waals surface area contributed by atoms with Crippen LogP contribution in [-0.4, -0.2) is 37.6 Å². The minimum absolute atomic E-state index is 0.0483. The molecular formula is C16H20N2O2. The molecule has 4 nitrogen and oxygen atoms in total. The fourth-order valence-corrected chi connectivity index (χ4v) is 2.22. The summed E-state index contributed by atoms with van der Waals surface area (Å²) >= 11 is 0. The molecule has 0 heterocycles. The van der Waals surface area contributed by atoms with E-state index >= 15 is 0 Å². The molecule has 2 N–H and O–H groups in total. The number of likely N-dealkylation sites (N-methyl/N-ethyl adjacent to an activating group) is 1. The van der Waals surface area contributed by atoms with E-state index in [2.05, 4.69) is 0 Å². The molecule has 0 saturated carbocycles. The highest BCUT2D eigenvalue weighted by atomic mass is 16.5. The molecule has 20 heavy (non-hydrogen) atoms. The van der Waals surface area contributed by atoms with Gasteiger partial charge in [0.2, 0.25) is 0 Å². The number of hydrogen-bond donors (Lipinski definition) is 1. The SMILES string of the molecule is CCN(CCOC)C(=O)c1cc2ccccc2cc1N. The summed E-state index contributed by atoms with van der Waals surface area (Å²) < 4.78 is 5.04. The maximum absolute atomic E-state index is 12.5. The molecule has 0 fully saturated rings. The summed E-state index contributed by atoms with van der Waals surface area (Å²) in [5, 5.41) is 2.06. The molecule has 0 bridgehead atoms. The molecule has 0 unspecified atom stereocenters. The summed E-state index contributed by atoms with van der Waals surface area (Å²) in [4.78, 5) is 14.3. The average Bonchev–Trinajstić information content (AvgIpc) is 2.47. The van der Waals surface area contributed by atoms with Gasteiger partial charge in [0.1, 0.15) is 0 Å². The number of hydrogen-bond acceptors (Lipinski definition) is 3. The first-order valence-electron chi connectivity index (χ1n) is 6.73. The Morgan fingerprint density at radius 1 is 1.25 bits per heavy atom. The topological polar surface area (TPSA) is 55.6 Å². The van der Waals surface area contributed by atoms with Crippen LogP contribution in [-0.2, 0) is 4.74 Å². The van der Waals surface area contributed by atoms with Crippen LogP contribution in [0, 0.1) is 0 Å². The number of nitrogens with two attached hydrogens (primary N) is 1. The molecule has 0 saturated heterocycles. The van der Waals surface area contributed by atoms with Gasteiger partial charge in [0, 0.05) is 25.9 Å². The van der Waals surface area contributed by atoms with Crippen LogP contribution in [0.5, 0.6) is 0 Å². The Morgan fingerprint density at radius 2 is 1.90 bits per heavy atom. The van der Waals surface area contributed by atoms with Crippen LogP contribution in [0.4, 0.5) is 5.69 Å². The van der Waals surface area contributed by atoms with E-state index in [0.29, 0.717) is 30.9 Å². The molecule has 0 aromatic heterocycles. The van der Waals surface area contributed by atoms with Crippen LogP contribution in [0.3, 0.4) is 0 Å². The fraction of sp³-hybridized carbons (Fsp3) is 0.312. The van der Waals surface area contributed by atoms with Gasteiger partial charge in [-0.15, -0.1) is 0 Å². The zero-order chi connectivity index (χ0) is 14.5. The van der Waals surface area contributed by atoms with Crippen molar-refractivity contribution in [2.24, 2.45) is 0 Å². The first kappa shape index (κ1) is 14.3. The minimum atomic E-state index is -0.0483. The third-order valence-electron chi connectivity index (χ3n) is 3.38. The van der Waals surface area contributed by atoms with Gasteiger partial charge in [-0.3, -0.25) is 4.79 Å². The summed E-state index contributed by atoms with van der Waals surface area (Å²) in [7, 11) is 1.63. The zero-order valence-electron chi connectivity index (χ0n) is 11.9. The smallest absolute Gasteiger partial charge is 0.256 e. The lowest BCUT2D eigenvalue weighted by Crippen LogP contribution is -2.34. The molecule has 2 aromatic rings. The lowest BCUT2D eigenvalue weighted by Gasteiger charge is -2.21. The number of nitrogens with zero attached hydrogens (tertiary/aromatic N) is 1. The second-order valence-electron chi connectivity index (χ2n) is 4.66. The number of rotatable bonds is 5. The Balaban J connectivity index is 2.35.